The van der Waals surface area contributed by atoms with Crippen LogP contribution in [0.3, 0.4) is 0 Å². The zero-order valence-corrected chi connectivity index (χ0v) is 16.7. The van der Waals surface area contributed by atoms with Gasteiger partial charge in [0.2, 0.25) is 0 Å². The highest BCUT2D eigenvalue weighted by Crippen LogP contribution is 2.39. The number of halogens is 1. The van der Waals surface area contributed by atoms with E-state index in [1.54, 1.807) is 29.5 Å². The number of rotatable bonds is 3. The zero-order chi connectivity index (χ0) is 18.4. The Kier molecular flexibility index (Phi) is 4.36. The van der Waals surface area contributed by atoms with E-state index in [1.165, 1.54) is 15.3 Å². The van der Waals surface area contributed by atoms with Crippen LogP contribution in [0.5, 0.6) is 0 Å². The third-order valence-corrected chi connectivity index (χ3v) is 7.11. The molecule has 0 saturated carbocycles. The summed E-state index contributed by atoms with van der Waals surface area (Å²) in [5.74, 6) is 0.676. The fraction of sp³-hybridized carbons (Fsp3) is 0.200. The van der Waals surface area contributed by atoms with Gasteiger partial charge in [-0.25, -0.2) is 4.98 Å². The van der Waals surface area contributed by atoms with E-state index >= 15 is 0 Å². The predicted molar refractivity (Wildman–Crippen MR) is 112 cm³/mol. The van der Waals surface area contributed by atoms with E-state index in [9.17, 15) is 4.79 Å². The molecule has 27 heavy (non-hydrogen) atoms. The van der Waals surface area contributed by atoms with Crippen molar-refractivity contribution in [3.05, 3.63) is 83.7 Å². The van der Waals surface area contributed by atoms with Gasteiger partial charge in [0.25, 0.3) is 5.56 Å². The second-order valence-electron chi connectivity index (χ2n) is 6.61. The Labute approximate surface area is 169 Å². The van der Waals surface area contributed by atoms with Gasteiger partial charge in [0.15, 0.2) is 0 Å². The molecule has 0 saturated heterocycles. The Hall–Kier alpha value is -1.99. The van der Waals surface area contributed by atoms with Gasteiger partial charge in [0.05, 0.1) is 23.5 Å². The summed E-state index contributed by atoms with van der Waals surface area (Å²) in [5.41, 5.74) is 1.90. The fourth-order valence-electron chi connectivity index (χ4n) is 3.75. The summed E-state index contributed by atoms with van der Waals surface area (Å²) in [6.45, 7) is 1.53. The van der Waals surface area contributed by atoms with Gasteiger partial charge >= 0.3 is 0 Å². The molecule has 0 fully saturated rings. The van der Waals surface area contributed by atoms with Crippen molar-refractivity contribution in [3.8, 4) is 0 Å². The number of hydrogen-bond donors (Lipinski definition) is 1. The van der Waals surface area contributed by atoms with Crippen LogP contribution < -0.4 is 5.56 Å². The van der Waals surface area contributed by atoms with Gasteiger partial charge in [-0.05, 0) is 53.1 Å². The molecule has 0 unspecified atom stereocenters. The van der Waals surface area contributed by atoms with Crippen molar-refractivity contribution < 1.29 is 0 Å². The molecular formula is C20H16ClN3OS2. The van der Waals surface area contributed by atoms with E-state index in [2.05, 4.69) is 43.8 Å². The first-order valence-corrected chi connectivity index (χ1v) is 10.8. The minimum absolute atomic E-state index is 0.118. The maximum atomic E-state index is 12.5. The van der Waals surface area contributed by atoms with Gasteiger partial charge in [0.1, 0.15) is 5.82 Å². The Morgan fingerprint density at radius 2 is 2.15 bits per heavy atom. The molecule has 1 aliphatic heterocycles. The van der Waals surface area contributed by atoms with Gasteiger partial charge < -0.3 is 4.98 Å². The molecular weight excluding hydrogens is 398 g/mol. The molecule has 0 bridgehead atoms. The Balaban J connectivity index is 1.55. The molecule has 4 nitrogen and oxygen atoms in total. The number of nitrogens with zero attached hydrogens (tertiary/aromatic N) is 2. The van der Waals surface area contributed by atoms with Crippen LogP contribution in [0.15, 0.2) is 52.0 Å². The molecule has 1 aliphatic rings. The number of hydrogen-bond acceptors (Lipinski definition) is 5. The highest BCUT2D eigenvalue weighted by molar-refractivity contribution is 7.10. The summed E-state index contributed by atoms with van der Waals surface area (Å²) < 4.78 is 0. The molecule has 3 aromatic heterocycles. The van der Waals surface area contributed by atoms with Crippen LogP contribution in [0.4, 0.5) is 0 Å². The average Bonchev–Trinajstić information content (AvgIpc) is 3.33. The first-order chi connectivity index (χ1) is 13.2. The van der Waals surface area contributed by atoms with Crippen LogP contribution in [-0.2, 0) is 13.0 Å². The molecule has 0 spiro atoms. The summed E-state index contributed by atoms with van der Waals surface area (Å²) in [6.07, 6.45) is 1.03. The molecule has 0 amide bonds. The normalized spacial score (nSPS) is 17.3. The summed E-state index contributed by atoms with van der Waals surface area (Å²) >= 11 is 9.69. The molecule has 1 aromatic carbocycles. The van der Waals surface area contributed by atoms with E-state index in [0.29, 0.717) is 28.3 Å². The second-order valence-corrected chi connectivity index (χ2v) is 9.03. The lowest BCUT2D eigenvalue weighted by Crippen LogP contribution is -2.35. The summed E-state index contributed by atoms with van der Waals surface area (Å²) in [4.78, 5) is 25.3. The standard InChI is InChI=1S/C20H16ClN3OS2/c21-12-3-4-13-15(10-12)22-18(23-20(13)25)11-24-7-5-16-14(6-9-27-16)19(24)17-2-1-8-26-17/h1-4,6,8-10,19H,5,7,11H2,(H,22,23,25)/t19-/m1/s1. The van der Waals surface area contributed by atoms with Crippen molar-refractivity contribution in [2.75, 3.05) is 6.54 Å². The SMILES string of the molecule is O=c1[nH]c(CN2CCc3sccc3[C@@H]2c2cccs2)nc2cc(Cl)ccc12. The van der Waals surface area contributed by atoms with Crippen molar-refractivity contribution in [2.45, 2.75) is 19.0 Å². The Morgan fingerprint density at radius 3 is 3.00 bits per heavy atom. The number of nitrogens with one attached hydrogen (secondary N) is 1. The van der Waals surface area contributed by atoms with Crippen molar-refractivity contribution in [3.63, 3.8) is 0 Å². The van der Waals surface area contributed by atoms with Crippen molar-refractivity contribution >= 4 is 45.2 Å². The molecule has 4 heterocycles. The van der Waals surface area contributed by atoms with Gasteiger partial charge in [-0.2, -0.15) is 0 Å². The molecule has 1 N–H and O–H groups in total. The fourth-order valence-corrected chi connectivity index (χ4v) is 5.69. The number of aromatic nitrogens is 2. The quantitative estimate of drug-likeness (QED) is 0.522. The van der Waals surface area contributed by atoms with E-state index < -0.39 is 0 Å². The van der Waals surface area contributed by atoms with Crippen LogP contribution in [0.1, 0.15) is 27.2 Å². The van der Waals surface area contributed by atoms with Crippen LogP contribution in [0, 0.1) is 0 Å². The number of benzene rings is 1. The van der Waals surface area contributed by atoms with E-state index in [1.807, 2.05) is 11.3 Å². The molecule has 1 atom stereocenters. The minimum Gasteiger partial charge on any atom is -0.309 e. The van der Waals surface area contributed by atoms with Crippen LogP contribution in [0.2, 0.25) is 5.02 Å². The van der Waals surface area contributed by atoms with Crippen molar-refractivity contribution in [1.29, 1.82) is 0 Å². The van der Waals surface area contributed by atoms with Crippen LogP contribution >= 0.6 is 34.3 Å². The molecule has 4 aromatic rings. The molecule has 0 radical (unpaired) electrons. The second kappa shape index (κ2) is 6.87. The number of H-pyrrole nitrogens is 1. The monoisotopic (exact) mass is 413 g/mol. The van der Waals surface area contributed by atoms with E-state index in [-0.39, 0.29) is 11.6 Å². The Morgan fingerprint density at radius 1 is 1.22 bits per heavy atom. The molecule has 5 rings (SSSR count). The number of thiophene rings is 2. The van der Waals surface area contributed by atoms with Crippen LogP contribution in [-0.4, -0.2) is 21.4 Å². The zero-order valence-electron chi connectivity index (χ0n) is 14.3. The largest absolute Gasteiger partial charge is 0.309 e. The lowest BCUT2D eigenvalue weighted by Gasteiger charge is -2.35. The van der Waals surface area contributed by atoms with Gasteiger partial charge in [-0.15, -0.1) is 22.7 Å². The first-order valence-electron chi connectivity index (χ1n) is 8.71. The topological polar surface area (TPSA) is 49.0 Å². The highest BCUT2D eigenvalue weighted by atomic mass is 35.5. The molecule has 136 valence electrons. The van der Waals surface area contributed by atoms with Gasteiger partial charge in [-0.3, -0.25) is 9.69 Å². The smallest absolute Gasteiger partial charge is 0.258 e. The summed E-state index contributed by atoms with van der Waals surface area (Å²) in [6, 6.07) is 11.9. The van der Waals surface area contributed by atoms with E-state index in [0.717, 1.165) is 13.0 Å². The lowest BCUT2D eigenvalue weighted by molar-refractivity contribution is 0.204. The van der Waals surface area contributed by atoms with Crippen molar-refractivity contribution in [1.82, 2.24) is 14.9 Å². The van der Waals surface area contributed by atoms with Gasteiger partial charge in [0, 0.05) is 21.3 Å². The number of fused-ring (bicyclic) bond motifs is 2. The molecule has 7 heteroatoms. The predicted octanol–water partition coefficient (Wildman–Crippen LogP) is 4.85. The lowest BCUT2D eigenvalue weighted by atomic mass is 9.98. The maximum Gasteiger partial charge on any atom is 0.258 e. The van der Waals surface area contributed by atoms with Gasteiger partial charge in [-0.1, -0.05) is 17.7 Å². The van der Waals surface area contributed by atoms with E-state index in [4.69, 9.17) is 11.6 Å². The third kappa shape index (κ3) is 3.12. The maximum absolute atomic E-state index is 12.5. The highest BCUT2D eigenvalue weighted by Gasteiger charge is 2.30. The Bertz CT molecular complexity index is 1170. The van der Waals surface area contributed by atoms with Crippen LogP contribution in [0.25, 0.3) is 10.9 Å². The summed E-state index contributed by atoms with van der Waals surface area (Å²) in [5, 5.41) is 5.44. The molecule has 0 aliphatic carbocycles. The minimum atomic E-state index is -0.118. The summed E-state index contributed by atoms with van der Waals surface area (Å²) in [7, 11) is 0. The third-order valence-electron chi connectivity index (χ3n) is 4.95. The number of aromatic amines is 1. The first kappa shape index (κ1) is 17.1. The van der Waals surface area contributed by atoms with Crippen molar-refractivity contribution in [2.24, 2.45) is 0 Å². The average molecular weight is 414 g/mol.